The molecule has 1 aromatic carbocycles. The molecule has 0 saturated carbocycles. The number of nitrogens with one attached hydrogen (secondary N) is 3. The third-order valence-corrected chi connectivity index (χ3v) is 2.91. The van der Waals surface area contributed by atoms with Crippen molar-refractivity contribution < 1.29 is 9.59 Å². The molecular weight excluding hydrogens is 266 g/mol. The van der Waals surface area contributed by atoms with E-state index < -0.39 is 6.03 Å². The summed E-state index contributed by atoms with van der Waals surface area (Å²) in [5.41, 5.74) is 1.41. The average Bonchev–Trinajstić information content (AvgIpc) is 2.39. The number of amides is 3. The average molecular weight is 284 g/mol. The predicted octanol–water partition coefficient (Wildman–Crippen LogP) is 2.30. The molecular formula is C13H18ClN3O2. The molecule has 104 valence electrons. The van der Waals surface area contributed by atoms with Crippen molar-refractivity contribution in [2.75, 3.05) is 18.4 Å². The number of anilines is 1. The summed E-state index contributed by atoms with van der Waals surface area (Å²) >= 11 is 5.95. The highest BCUT2D eigenvalue weighted by Crippen LogP contribution is 2.22. The lowest BCUT2D eigenvalue weighted by molar-refractivity contribution is -0.120. The van der Waals surface area contributed by atoms with Gasteiger partial charge in [-0.2, -0.15) is 0 Å². The summed E-state index contributed by atoms with van der Waals surface area (Å²) in [6.45, 7) is 4.33. The molecule has 0 bridgehead atoms. The second kappa shape index (κ2) is 7.63. The fraction of sp³-hybridized carbons (Fsp3) is 0.385. The van der Waals surface area contributed by atoms with Gasteiger partial charge >= 0.3 is 6.03 Å². The van der Waals surface area contributed by atoms with Gasteiger partial charge in [-0.3, -0.25) is 4.79 Å². The van der Waals surface area contributed by atoms with Crippen LogP contribution >= 0.6 is 11.6 Å². The third kappa shape index (κ3) is 5.18. The van der Waals surface area contributed by atoms with E-state index in [2.05, 4.69) is 16.0 Å². The van der Waals surface area contributed by atoms with Crippen molar-refractivity contribution in [3.63, 3.8) is 0 Å². The zero-order chi connectivity index (χ0) is 14.3. The smallest absolute Gasteiger partial charge is 0.319 e. The minimum absolute atomic E-state index is 0.0502. The third-order valence-electron chi connectivity index (χ3n) is 2.50. The molecule has 0 atom stereocenters. The molecule has 0 aromatic heterocycles. The topological polar surface area (TPSA) is 70.2 Å². The van der Waals surface area contributed by atoms with Gasteiger partial charge in [0.15, 0.2) is 0 Å². The highest BCUT2D eigenvalue weighted by molar-refractivity contribution is 6.31. The number of carbonyl (C=O) groups excluding carboxylic acids is 2. The van der Waals surface area contributed by atoms with Crippen LogP contribution in [-0.2, 0) is 4.79 Å². The Morgan fingerprint density at radius 3 is 2.68 bits per heavy atom. The Morgan fingerprint density at radius 1 is 1.26 bits per heavy atom. The zero-order valence-corrected chi connectivity index (χ0v) is 11.8. The lowest BCUT2D eigenvalue weighted by Crippen LogP contribution is -2.39. The van der Waals surface area contributed by atoms with Crippen molar-refractivity contribution in [3.05, 3.63) is 28.8 Å². The van der Waals surface area contributed by atoms with E-state index in [4.69, 9.17) is 11.6 Å². The monoisotopic (exact) mass is 283 g/mol. The van der Waals surface area contributed by atoms with E-state index in [9.17, 15) is 9.59 Å². The van der Waals surface area contributed by atoms with Gasteiger partial charge in [-0.15, -0.1) is 0 Å². The quantitative estimate of drug-likeness (QED) is 0.776. The Kier molecular flexibility index (Phi) is 6.15. The Balaban J connectivity index is 2.43. The molecule has 5 nitrogen and oxygen atoms in total. The molecule has 0 unspecified atom stereocenters. The lowest BCUT2D eigenvalue weighted by atomic mass is 10.2. The molecule has 0 spiro atoms. The molecule has 3 N–H and O–H groups in total. The number of carbonyl (C=O) groups is 2. The largest absolute Gasteiger partial charge is 0.355 e. The Bertz CT molecular complexity index is 463. The first kappa shape index (κ1) is 15.3. The van der Waals surface area contributed by atoms with Gasteiger partial charge in [-0.05, 0) is 31.0 Å². The van der Waals surface area contributed by atoms with Gasteiger partial charge in [0, 0.05) is 17.3 Å². The van der Waals surface area contributed by atoms with Crippen LogP contribution in [0.25, 0.3) is 0 Å². The Hall–Kier alpha value is -1.75. The molecule has 0 saturated heterocycles. The lowest BCUT2D eigenvalue weighted by Gasteiger charge is -2.10. The standard InChI is InChI=1S/C13H18ClN3O2/c1-3-7-15-12(18)8-16-13(19)17-11-6-4-5-10(14)9(11)2/h4-6H,3,7-8H2,1-2H3,(H,15,18)(H2,16,17,19). The van der Waals surface area contributed by atoms with Gasteiger partial charge in [0.2, 0.25) is 5.91 Å². The highest BCUT2D eigenvalue weighted by Gasteiger charge is 2.07. The van der Waals surface area contributed by atoms with E-state index in [1.165, 1.54) is 0 Å². The van der Waals surface area contributed by atoms with Crippen LogP contribution in [0.4, 0.5) is 10.5 Å². The summed E-state index contributed by atoms with van der Waals surface area (Å²) in [6.07, 6.45) is 0.861. The van der Waals surface area contributed by atoms with Crippen molar-refractivity contribution in [1.29, 1.82) is 0 Å². The number of urea groups is 1. The minimum Gasteiger partial charge on any atom is -0.355 e. The summed E-state index contributed by atoms with van der Waals surface area (Å²) in [7, 11) is 0. The van der Waals surface area contributed by atoms with Crippen LogP contribution in [0.15, 0.2) is 18.2 Å². The van der Waals surface area contributed by atoms with Crippen LogP contribution in [0.5, 0.6) is 0 Å². The molecule has 0 radical (unpaired) electrons. The molecule has 0 heterocycles. The van der Waals surface area contributed by atoms with Crippen LogP contribution in [0.3, 0.4) is 0 Å². The van der Waals surface area contributed by atoms with Crippen LogP contribution in [0.2, 0.25) is 5.02 Å². The normalized spacial score (nSPS) is 9.84. The number of halogens is 1. The Morgan fingerprint density at radius 2 is 2.00 bits per heavy atom. The fourth-order valence-corrected chi connectivity index (χ4v) is 1.57. The van der Waals surface area contributed by atoms with Crippen molar-refractivity contribution >= 4 is 29.2 Å². The number of hydrogen-bond donors (Lipinski definition) is 3. The number of hydrogen-bond acceptors (Lipinski definition) is 2. The van der Waals surface area contributed by atoms with E-state index in [-0.39, 0.29) is 12.5 Å². The summed E-state index contributed by atoms with van der Waals surface area (Å²) < 4.78 is 0. The van der Waals surface area contributed by atoms with E-state index in [1.54, 1.807) is 18.2 Å². The van der Waals surface area contributed by atoms with Gasteiger partial charge < -0.3 is 16.0 Å². The molecule has 0 aliphatic carbocycles. The van der Waals surface area contributed by atoms with Crippen molar-refractivity contribution in [2.45, 2.75) is 20.3 Å². The van der Waals surface area contributed by atoms with E-state index >= 15 is 0 Å². The van der Waals surface area contributed by atoms with Crippen molar-refractivity contribution in [3.8, 4) is 0 Å². The molecule has 1 rings (SSSR count). The molecule has 3 amide bonds. The van der Waals surface area contributed by atoms with Gasteiger partial charge in [-0.25, -0.2) is 4.79 Å². The highest BCUT2D eigenvalue weighted by atomic mass is 35.5. The first-order chi connectivity index (χ1) is 9.04. The molecule has 1 aromatic rings. The van der Waals surface area contributed by atoms with Crippen LogP contribution < -0.4 is 16.0 Å². The minimum atomic E-state index is -0.433. The number of benzene rings is 1. The van der Waals surface area contributed by atoms with Crippen LogP contribution in [-0.4, -0.2) is 25.0 Å². The van der Waals surface area contributed by atoms with Crippen molar-refractivity contribution in [2.24, 2.45) is 0 Å². The maximum Gasteiger partial charge on any atom is 0.319 e. The summed E-state index contributed by atoms with van der Waals surface area (Å²) in [6, 6.07) is 4.81. The number of rotatable bonds is 5. The van der Waals surface area contributed by atoms with Gasteiger partial charge in [0.1, 0.15) is 0 Å². The second-order valence-electron chi connectivity index (χ2n) is 4.07. The zero-order valence-electron chi connectivity index (χ0n) is 11.0. The molecule has 19 heavy (non-hydrogen) atoms. The molecule has 6 heteroatoms. The molecule has 0 aliphatic rings. The van der Waals surface area contributed by atoms with Crippen LogP contribution in [0.1, 0.15) is 18.9 Å². The van der Waals surface area contributed by atoms with E-state index in [0.717, 1.165) is 12.0 Å². The van der Waals surface area contributed by atoms with Gasteiger partial charge in [0.05, 0.1) is 6.54 Å². The van der Waals surface area contributed by atoms with Crippen LogP contribution in [0, 0.1) is 6.92 Å². The van der Waals surface area contributed by atoms with Crippen molar-refractivity contribution in [1.82, 2.24) is 10.6 Å². The maximum absolute atomic E-state index is 11.6. The SMILES string of the molecule is CCCNC(=O)CNC(=O)Nc1cccc(Cl)c1C. The summed E-state index contributed by atoms with van der Waals surface area (Å²) in [5.74, 6) is -0.209. The van der Waals surface area contributed by atoms with E-state index in [1.807, 2.05) is 13.8 Å². The summed E-state index contributed by atoms with van der Waals surface area (Å²) in [5, 5.41) is 8.38. The van der Waals surface area contributed by atoms with Gasteiger partial charge in [-0.1, -0.05) is 24.6 Å². The molecule has 0 fully saturated rings. The maximum atomic E-state index is 11.6. The van der Waals surface area contributed by atoms with E-state index in [0.29, 0.717) is 17.3 Å². The van der Waals surface area contributed by atoms with Gasteiger partial charge in [0.25, 0.3) is 0 Å². The second-order valence-corrected chi connectivity index (χ2v) is 4.48. The predicted molar refractivity (Wildman–Crippen MR) is 76.5 cm³/mol. The first-order valence-corrected chi connectivity index (χ1v) is 6.49. The first-order valence-electron chi connectivity index (χ1n) is 6.11. The fourth-order valence-electron chi connectivity index (χ4n) is 1.40. The summed E-state index contributed by atoms with van der Waals surface area (Å²) in [4.78, 5) is 22.9. The Labute approximate surface area is 117 Å². The molecule has 0 aliphatic heterocycles.